The summed E-state index contributed by atoms with van der Waals surface area (Å²) in [5.41, 5.74) is 2.23. The van der Waals surface area contributed by atoms with Crippen LogP contribution in [0.1, 0.15) is 29.2 Å². The average molecular weight is 263 g/mol. The Bertz CT molecular complexity index is 495. The number of nitrogens with one attached hydrogen (secondary N) is 1. The summed E-state index contributed by atoms with van der Waals surface area (Å²) in [6.07, 6.45) is 1.82. The van der Waals surface area contributed by atoms with Crippen LogP contribution in [0.5, 0.6) is 5.88 Å². The summed E-state index contributed by atoms with van der Waals surface area (Å²) < 4.78 is 5.03. The van der Waals surface area contributed by atoms with Crippen LogP contribution >= 0.6 is 11.3 Å². The van der Waals surface area contributed by atoms with Crippen molar-refractivity contribution in [3.63, 3.8) is 0 Å². The van der Waals surface area contributed by atoms with Gasteiger partial charge in [-0.2, -0.15) is 0 Å². The van der Waals surface area contributed by atoms with Gasteiger partial charge in [-0.1, -0.05) is 6.07 Å². The first kappa shape index (κ1) is 13.0. The summed E-state index contributed by atoms with van der Waals surface area (Å²) >= 11 is 1.68. The Balaban J connectivity index is 1.90. The SMILES string of the molecule is COc1ccc(CNC(C)c2csc(C)n2)cn1. The lowest BCUT2D eigenvalue weighted by molar-refractivity contribution is 0.397. The van der Waals surface area contributed by atoms with Crippen molar-refractivity contribution in [2.24, 2.45) is 0 Å². The molecule has 0 fully saturated rings. The molecule has 0 aromatic carbocycles. The van der Waals surface area contributed by atoms with Crippen molar-refractivity contribution < 1.29 is 4.74 Å². The fourth-order valence-corrected chi connectivity index (χ4v) is 2.30. The molecule has 0 radical (unpaired) electrons. The van der Waals surface area contributed by atoms with Crippen molar-refractivity contribution in [1.29, 1.82) is 0 Å². The Labute approximate surface area is 111 Å². The summed E-state index contributed by atoms with van der Waals surface area (Å²) in [6.45, 7) is 4.91. The minimum absolute atomic E-state index is 0.247. The molecule has 2 aromatic heterocycles. The highest BCUT2D eigenvalue weighted by Crippen LogP contribution is 2.16. The van der Waals surface area contributed by atoms with E-state index in [-0.39, 0.29) is 6.04 Å². The Morgan fingerprint density at radius 3 is 2.83 bits per heavy atom. The van der Waals surface area contributed by atoms with E-state index in [1.54, 1.807) is 18.4 Å². The van der Waals surface area contributed by atoms with Gasteiger partial charge in [0.25, 0.3) is 0 Å². The maximum absolute atomic E-state index is 5.03. The third-order valence-corrected chi connectivity index (χ3v) is 3.49. The van der Waals surface area contributed by atoms with Crippen LogP contribution in [0.2, 0.25) is 0 Å². The zero-order valence-corrected chi connectivity index (χ0v) is 11.6. The summed E-state index contributed by atoms with van der Waals surface area (Å²) in [5, 5.41) is 6.63. The van der Waals surface area contributed by atoms with Gasteiger partial charge < -0.3 is 10.1 Å². The second-order valence-electron chi connectivity index (χ2n) is 4.10. The van der Waals surface area contributed by atoms with E-state index in [9.17, 15) is 0 Å². The van der Waals surface area contributed by atoms with Crippen LogP contribution in [0.15, 0.2) is 23.7 Å². The van der Waals surface area contributed by atoms with Gasteiger partial charge in [0, 0.05) is 30.2 Å². The molecule has 1 unspecified atom stereocenters. The predicted molar refractivity (Wildman–Crippen MR) is 72.9 cm³/mol. The van der Waals surface area contributed by atoms with Crippen LogP contribution in [0.25, 0.3) is 0 Å². The molecule has 0 spiro atoms. The van der Waals surface area contributed by atoms with E-state index in [4.69, 9.17) is 4.74 Å². The first-order valence-electron chi connectivity index (χ1n) is 5.83. The molecule has 0 aliphatic rings. The Morgan fingerprint density at radius 1 is 1.44 bits per heavy atom. The number of hydrogen-bond acceptors (Lipinski definition) is 5. The molecule has 0 saturated heterocycles. The van der Waals surface area contributed by atoms with Gasteiger partial charge in [-0.3, -0.25) is 0 Å². The molecule has 2 heterocycles. The fourth-order valence-electron chi connectivity index (χ4n) is 1.59. The monoisotopic (exact) mass is 263 g/mol. The topological polar surface area (TPSA) is 47.0 Å². The molecule has 4 nitrogen and oxygen atoms in total. The molecule has 0 amide bonds. The van der Waals surface area contributed by atoms with Crippen molar-refractivity contribution in [1.82, 2.24) is 15.3 Å². The van der Waals surface area contributed by atoms with Crippen molar-refractivity contribution in [2.75, 3.05) is 7.11 Å². The first-order valence-corrected chi connectivity index (χ1v) is 6.71. The minimum atomic E-state index is 0.247. The van der Waals surface area contributed by atoms with Crippen LogP contribution in [0.3, 0.4) is 0 Å². The molecule has 0 aliphatic heterocycles. The van der Waals surface area contributed by atoms with E-state index >= 15 is 0 Å². The lowest BCUT2D eigenvalue weighted by Gasteiger charge is -2.11. The maximum atomic E-state index is 5.03. The molecule has 0 aliphatic carbocycles. The van der Waals surface area contributed by atoms with E-state index < -0.39 is 0 Å². The number of methoxy groups -OCH3 is 1. The zero-order chi connectivity index (χ0) is 13.0. The Morgan fingerprint density at radius 2 is 2.28 bits per heavy atom. The maximum Gasteiger partial charge on any atom is 0.212 e. The standard InChI is InChI=1S/C13H17N3OS/c1-9(12-8-18-10(2)16-12)14-6-11-4-5-13(17-3)15-7-11/h4-5,7-9,14H,6H2,1-3H3. The first-order chi connectivity index (χ1) is 8.69. The van der Waals surface area contributed by atoms with Gasteiger partial charge in [0.1, 0.15) is 0 Å². The third-order valence-electron chi connectivity index (χ3n) is 2.70. The van der Waals surface area contributed by atoms with Gasteiger partial charge in [-0.25, -0.2) is 9.97 Å². The number of hydrogen-bond donors (Lipinski definition) is 1. The predicted octanol–water partition coefficient (Wildman–Crippen LogP) is 2.71. The van der Waals surface area contributed by atoms with E-state index in [0.29, 0.717) is 5.88 Å². The molecule has 1 atom stereocenters. The smallest absolute Gasteiger partial charge is 0.212 e. The summed E-state index contributed by atoms with van der Waals surface area (Å²) in [7, 11) is 1.62. The average Bonchev–Trinajstić information content (AvgIpc) is 2.83. The van der Waals surface area contributed by atoms with Crippen molar-refractivity contribution in [3.05, 3.63) is 40.0 Å². The van der Waals surface area contributed by atoms with Crippen LogP contribution in [-0.2, 0) is 6.54 Å². The molecule has 2 rings (SSSR count). The lowest BCUT2D eigenvalue weighted by Crippen LogP contribution is -2.18. The van der Waals surface area contributed by atoms with Crippen LogP contribution in [0, 0.1) is 6.92 Å². The highest BCUT2D eigenvalue weighted by Gasteiger charge is 2.08. The summed E-state index contributed by atoms with van der Waals surface area (Å²) in [6, 6.07) is 4.13. The summed E-state index contributed by atoms with van der Waals surface area (Å²) in [5.74, 6) is 0.641. The van der Waals surface area contributed by atoms with Crippen molar-refractivity contribution in [3.8, 4) is 5.88 Å². The Kier molecular flexibility index (Phi) is 4.28. The van der Waals surface area contributed by atoms with Gasteiger partial charge in [0.05, 0.1) is 17.8 Å². The molecule has 96 valence electrons. The second kappa shape index (κ2) is 5.93. The number of rotatable bonds is 5. The van der Waals surface area contributed by atoms with Crippen LogP contribution in [-0.4, -0.2) is 17.1 Å². The van der Waals surface area contributed by atoms with E-state index in [0.717, 1.165) is 22.8 Å². The second-order valence-corrected chi connectivity index (χ2v) is 5.17. The molecule has 1 N–H and O–H groups in total. The van der Waals surface area contributed by atoms with E-state index in [1.807, 2.05) is 25.3 Å². The van der Waals surface area contributed by atoms with Crippen LogP contribution in [0.4, 0.5) is 0 Å². The molecule has 0 saturated carbocycles. The molecule has 18 heavy (non-hydrogen) atoms. The number of pyridine rings is 1. The third kappa shape index (κ3) is 3.27. The van der Waals surface area contributed by atoms with Crippen LogP contribution < -0.4 is 10.1 Å². The van der Waals surface area contributed by atoms with Crippen molar-refractivity contribution in [2.45, 2.75) is 26.4 Å². The molecular formula is C13H17N3OS. The molecule has 0 bridgehead atoms. The Hall–Kier alpha value is -1.46. The highest BCUT2D eigenvalue weighted by atomic mass is 32.1. The van der Waals surface area contributed by atoms with E-state index in [2.05, 4.69) is 27.6 Å². The molecule has 5 heteroatoms. The number of thiazole rings is 1. The fraction of sp³-hybridized carbons (Fsp3) is 0.385. The number of nitrogens with zero attached hydrogens (tertiary/aromatic N) is 2. The largest absolute Gasteiger partial charge is 0.481 e. The van der Waals surface area contributed by atoms with Gasteiger partial charge in [0.15, 0.2) is 0 Å². The molecule has 2 aromatic rings. The number of ether oxygens (including phenoxy) is 1. The molecular weight excluding hydrogens is 246 g/mol. The summed E-state index contributed by atoms with van der Waals surface area (Å²) in [4.78, 5) is 8.65. The lowest BCUT2D eigenvalue weighted by atomic mass is 10.2. The van der Waals surface area contributed by atoms with Gasteiger partial charge >= 0.3 is 0 Å². The highest BCUT2D eigenvalue weighted by molar-refractivity contribution is 7.09. The number of aryl methyl sites for hydroxylation is 1. The van der Waals surface area contributed by atoms with Gasteiger partial charge in [-0.15, -0.1) is 11.3 Å². The number of aromatic nitrogens is 2. The quantitative estimate of drug-likeness (QED) is 0.901. The minimum Gasteiger partial charge on any atom is -0.481 e. The zero-order valence-electron chi connectivity index (χ0n) is 10.8. The van der Waals surface area contributed by atoms with Crippen molar-refractivity contribution >= 4 is 11.3 Å². The van der Waals surface area contributed by atoms with E-state index in [1.165, 1.54) is 0 Å². The van der Waals surface area contributed by atoms with Gasteiger partial charge in [0.2, 0.25) is 5.88 Å². The van der Waals surface area contributed by atoms with Gasteiger partial charge in [-0.05, 0) is 19.4 Å². The normalized spacial score (nSPS) is 12.4.